The number of likely N-dealkylation sites (tertiary alicyclic amines) is 1. The number of nitrogens with two attached hydrogens (primary N) is 1. The number of nitrogens with zero attached hydrogens (tertiary/aromatic N) is 1. The lowest BCUT2D eigenvalue weighted by Gasteiger charge is -2.21. The number of β-amino-alcohol motifs (C(OH)–C–C–N with tert-alkyl or cyclic N) is 1. The van der Waals surface area contributed by atoms with Crippen molar-refractivity contribution in [3.05, 3.63) is 47.5 Å². The van der Waals surface area contributed by atoms with E-state index in [-0.39, 0.29) is 12.7 Å². The van der Waals surface area contributed by atoms with Gasteiger partial charge in [0.05, 0.1) is 12.8 Å². The number of nitrogen functional groups attached to an aromatic ring is 1. The van der Waals surface area contributed by atoms with Crippen LogP contribution in [-0.4, -0.2) is 55.6 Å². The number of rotatable bonds is 8. The van der Waals surface area contributed by atoms with Crippen molar-refractivity contribution in [1.29, 1.82) is 0 Å². The van der Waals surface area contributed by atoms with Gasteiger partial charge in [-0.3, -0.25) is 4.90 Å². The lowest BCUT2D eigenvalue weighted by molar-refractivity contribution is 0.0722. The third-order valence-electron chi connectivity index (χ3n) is 4.47. The molecule has 2 aromatic carbocycles. The van der Waals surface area contributed by atoms with Gasteiger partial charge in [-0.25, -0.2) is 0 Å². The van der Waals surface area contributed by atoms with Gasteiger partial charge in [-0.05, 0) is 42.8 Å². The van der Waals surface area contributed by atoms with Crippen molar-refractivity contribution >= 4 is 17.3 Å². The Morgan fingerprint density at radius 2 is 1.96 bits per heavy atom. The minimum atomic E-state index is -0.620. The Bertz CT molecular complexity index is 741. The fourth-order valence-electron chi connectivity index (χ4n) is 3.07. The molecule has 1 heterocycles. The van der Waals surface area contributed by atoms with Gasteiger partial charge >= 0.3 is 0 Å². The van der Waals surface area contributed by atoms with Crippen LogP contribution in [0, 0.1) is 0 Å². The number of ether oxygens (including phenoxy) is 3. The summed E-state index contributed by atoms with van der Waals surface area (Å²) < 4.78 is 16.8. The van der Waals surface area contributed by atoms with Crippen LogP contribution in [0.4, 0.5) is 5.69 Å². The van der Waals surface area contributed by atoms with E-state index in [0.29, 0.717) is 28.8 Å². The summed E-state index contributed by atoms with van der Waals surface area (Å²) in [5.41, 5.74) is 6.41. The summed E-state index contributed by atoms with van der Waals surface area (Å²) in [7, 11) is 1.58. The SMILES string of the molecule is COc1ccc(N)c(OC[C@@H](O)CN2CC[C@H](Oc3ccc(Cl)cc3)C2)c1. The zero-order chi connectivity index (χ0) is 19.2. The molecule has 0 saturated carbocycles. The fourth-order valence-corrected chi connectivity index (χ4v) is 3.19. The molecule has 3 rings (SSSR count). The van der Waals surface area contributed by atoms with Crippen LogP contribution in [0.5, 0.6) is 17.2 Å². The van der Waals surface area contributed by atoms with Crippen LogP contribution in [0.25, 0.3) is 0 Å². The van der Waals surface area contributed by atoms with Crippen molar-refractivity contribution in [1.82, 2.24) is 4.90 Å². The second kappa shape index (κ2) is 9.17. The Balaban J connectivity index is 1.43. The summed E-state index contributed by atoms with van der Waals surface area (Å²) >= 11 is 5.89. The lowest BCUT2D eigenvalue weighted by Crippen LogP contribution is -2.35. The zero-order valence-corrected chi connectivity index (χ0v) is 16.1. The van der Waals surface area contributed by atoms with Gasteiger partial charge in [-0.1, -0.05) is 11.6 Å². The van der Waals surface area contributed by atoms with Crippen molar-refractivity contribution in [2.45, 2.75) is 18.6 Å². The molecule has 1 aliphatic rings. The van der Waals surface area contributed by atoms with Gasteiger partial charge in [0.1, 0.15) is 36.1 Å². The molecule has 1 fully saturated rings. The molecule has 0 unspecified atom stereocenters. The smallest absolute Gasteiger partial charge is 0.146 e. The molecule has 146 valence electrons. The maximum absolute atomic E-state index is 10.3. The van der Waals surface area contributed by atoms with E-state index >= 15 is 0 Å². The van der Waals surface area contributed by atoms with Crippen LogP contribution in [0.3, 0.4) is 0 Å². The third-order valence-corrected chi connectivity index (χ3v) is 4.72. The minimum Gasteiger partial charge on any atom is -0.497 e. The molecule has 27 heavy (non-hydrogen) atoms. The van der Waals surface area contributed by atoms with E-state index in [2.05, 4.69) is 4.90 Å². The molecule has 3 N–H and O–H groups in total. The molecule has 7 heteroatoms. The van der Waals surface area contributed by atoms with Crippen LogP contribution in [0.1, 0.15) is 6.42 Å². The van der Waals surface area contributed by atoms with Gasteiger partial charge in [-0.2, -0.15) is 0 Å². The molecular formula is C20H25ClN2O4. The Kier molecular flexibility index (Phi) is 6.66. The van der Waals surface area contributed by atoms with Crippen LogP contribution in [-0.2, 0) is 0 Å². The van der Waals surface area contributed by atoms with Gasteiger partial charge in [0.25, 0.3) is 0 Å². The van der Waals surface area contributed by atoms with Crippen LogP contribution in [0.15, 0.2) is 42.5 Å². The van der Waals surface area contributed by atoms with Gasteiger partial charge < -0.3 is 25.1 Å². The van der Waals surface area contributed by atoms with Crippen molar-refractivity contribution in [3.63, 3.8) is 0 Å². The number of benzene rings is 2. The molecule has 0 bridgehead atoms. The summed E-state index contributed by atoms with van der Waals surface area (Å²) in [6.45, 7) is 2.32. The van der Waals surface area contributed by atoms with Crippen molar-refractivity contribution in [2.75, 3.05) is 39.1 Å². The first-order valence-corrected chi connectivity index (χ1v) is 9.30. The summed E-state index contributed by atoms with van der Waals surface area (Å²) in [4.78, 5) is 2.17. The number of hydrogen-bond donors (Lipinski definition) is 2. The van der Waals surface area contributed by atoms with E-state index in [0.717, 1.165) is 25.3 Å². The Morgan fingerprint density at radius 1 is 1.22 bits per heavy atom. The lowest BCUT2D eigenvalue weighted by atomic mass is 10.3. The normalized spacial score (nSPS) is 18.3. The molecule has 1 saturated heterocycles. The van der Waals surface area contributed by atoms with E-state index in [1.165, 1.54) is 0 Å². The molecule has 0 aliphatic carbocycles. The van der Waals surface area contributed by atoms with Gasteiger partial charge in [0.15, 0.2) is 0 Å². The van der Waals surface area contributed by atoms with E-state index in [1.807, 2.05) is 24.3 Å². The van der Waals surface area contributed by atoms with Crippen LogP contribution in [0.2, 0.25) is 5.02 Å². The van der Waals surface area contributed by atoms with E-state index in [4.69, 9.17) is 31.5 Å². The second-order valence-electron chi connectivity index (χ2n) is 6.61. The third kappa shape index (κ3) is 5.66. The number of aliphatic hydroxyl groups is 1. The molecular weight excluding hydrogens is 368 g/mol. The minimum absolute atomic E-state index is 0.105. The van der Waals surface area contributed by atoms with E-state index < -0.39 is 6.10 Å². The van der Waals surface area contributed by atoms with Gasteiger partial charge in [0.2, 0.25) is 0 Å². The number of methoxy groups -OCH3 is 1. The predicted molar refractivity (Wildman–Crippen MR) is 106 cm³/mol. The highest BCUT2D eigenvalue weighted by atomic mass is 35.5. The van der Waals surface area contributed by atoms with Crippen LogP contribution >= 0.6 is 11.6 Å². The standard InChI is InChI=1S/C20H25ClN2O4/c1-25-17-6-7-19(22)20(10-17)26-13-15(24)11-23-9-8-18(12-23)27-16-4-2-14(21)3-5-16/h2-7,10,15,18,24H,8-9,11-13,22H2,1H3/t15-,18-/m0/s1. The summed E-state index contributed by atoms with van der Waals surface area (Å²) in [6.07, 6.45) is 0.400. The van der Waals surface area contributed by atoms with Crippen LogP contribution < -0.4 is 19.9 Å². The molecule has 0 radical (unpaired) electrons. The first-order chi connectivity index (χ1) is 13.0. The summed E-state index contributed by atoms with van der Waals surface area (Å²) in [5.74, 6) is 1.98. The first kappa shape index (κ1) is 19.6. The van der Waals surface area contributed by atoms with Gasteiger partial charge in [0, 0.05) is 30.7 Å². The second-order valence-corrected chi connectivity index (χ2v) is 7.05. The monoisotopic (exact) mass is 392 g/mol. The van der Waals surface area contributed by atoms with Gasteiger partial charge in [-0.15, -0.1) is 0 Å². The van der Waals surface area contributed by atoms with Crippen molar-refractivity contribution in [2.24, 2.45) is 0 Å². The summed E-state index contributed by atoms with van der Waals surface area (Å²) in [5, 5.41) is 11.0. The highest BCUT2D eigenvalue weighted by molar-refractivity contribution is 6.30. The topological polar surface area (TPSA) is 77.2 Å². The summed E-state index contributed by atoms with van der Waals surface area (Å²) in [6, 6.07) is 12.6. The quantitative estimate of drug-likeness (QED) is 0.673. The predicted octanol–water partition coefficient (Wildman–Crippen LogP) is 2.82. The Hall–Kier alpha value is -2.15. The number of hydrogen-bond acceptors (Lipinski definition) is 6. The van der Waals surface area contributed by atoms with Crippen molar-refractivity contribution < 1.29 is 19.3 Å². The molecule has 2 atom stereocenters. The van der Waals surface area contributed by atoms with E-state index in [1.54, 1.807) is 25.3 Å². The largest absolute Gasteiger partial charge is 0.497 e. The zero-order valence-electron chi connectivity index (χ0n) is 15.3. The molecule has 0 spiro atoms. The van der Waals surface area contributed by atoms with Crippen molar-refractivity contribution in [3.8, 4) is 17.2 Å². The first-order valence-electron chi connectivity index (χ1n) is 8.92. The maximum atomic E-state index is 10.3. The highest BCUT2D eigenvalue weighted by Crippen LogP contribution is 2.27. The fraction of sp³-hybridized carbons (Fsp3) is 0.400. The Labute approximate surface area is 164 Å². The number of aliphatic hydroxyl groups excluding tert-OH is 1. The molecule has 6 nitrogen and oxygen atoms in total. The number of halogens is 1. The number of anilines is 1. The molecule has 0 aromatic heterocycles. The highest BCUT2D eigenvalue weighted by Gasteiger charge is 2.25. The molecule has 2 aromatic rings. The molecule has 1 aliphatic heterocycles. The average molecular weight is 393 g/mol. The van der Waals surface area contributed by atoms with E-state index in [9.17, 15) is 5.11 Å². The maximum Gasteiger partial charge on any atom is 0.146 e. The Morgan fingerprint density at radius 3 is 2.70 bits per heavy atom. The molecule has 0 amide bonds. The average Bonchev–Trinajstić information content (AvgIpc) is 3.09.